The first-order valence-electron chi connectivity index (χ1n) is 8.11. The minimum atomic E-state index is 0.113. The number of benzene rings is 3. The molecule has 0 radical (unpaired) electrons. The summed E-state index contributed by atoms with van der Waals surface area (Å²) in [6, 6.07) is 20.1. The first kappa shape index (κ1) is 16.4. The van der Waals surface area contributed by atoms with Gasteiger partial charge in [-0.05, 0) is 48.9 Å². The molecule has 1 aromatic heterocycles. The summed E-state index contributed by atoms with van der Waals surface area (Å²) in [7, 11) is 0. The predicted molar refractivity (Wildman–Crippen MR) is 103 cm³/mol. The molecule has 1 heterocycles. The van der Waals surface area contributed by atoms with E-state index in [0.717, 1.165) is 16.5 Å². The fourth-order valence-electron chi connectivity index (χ4n) is 2.70. The van der Waals surface area contributed by atoms with Crippen molar-refractivity contribution in [3.63, 3.8) is 0 Å². The van der Waals surface area contributed by atoms with Crippen molar-refractivity contribution in [2.24, 2.45) is 0 Å². The van der Waals surface area contributed by atoms with Gasteiger partial charge in [0.15, 0.2) is 5.82 Å². The number of hydrogen-bond donors (Lipinski definition) is 1. The summed E-state index contributed by atoms with van der Waals surface area (Å²) in [6.07, 6.45) is 0. The van der Waals surface area contributed by atoms with E-state index in [1.807, 2.05) is 55.5 Å². The van der Waals surface area contributed by atoms with Crippen LogP contribution in [0, 0.1) is 6.92 Å². The van der Waals surface area contributed by atoms with Crippen LogP contribution in [0.3, 0.4) is 0 Å². The third-order valence-electron chi connectivity index (χ3n) is 4.01. The van der Waals surface area contributed by atoms with Gasteiger partial charge in [0.2, 0.25) is 5.88 Å². The molecule has 0 bridgehead atoms. The Morgan fingerprint density at radius 1 is 0.923 bits per heavy atom. The Morgan fingerprint density at radius 3 is 2.50 bits per heavy atom. The van der Waals surface area contributed by atoms with Crippen LogP contribution in [0.25, 0.3) is 22.3 Å². The van der Waals surface area contributed by atoms with Crippen LogP contribution in [-0.2, 0) is 0 Å². The van der Waals surface area contributed by atoms with Crippen LogP contribution in [-0.4, -0.2) is 15.1 Å². The van der Waals surface area contributed by atoms with Gasteiger partial charge < -0.3 is 9.84 Å². The normalized spacial score (nSPS) is 10.8. The average Bonchev–Trinajstić information content (AvgIpc) is 2.64. The summed E-state index contributed by atoms with van der Waals surface area (Å²) >= 11 is 6.30. The van der Waals surface area contributed by atoms with Crippen LogP contribution in [0.5, 0.6) is 17.4 Å². The molecule has 4 aromatic rings. The summed E-state index contributed by atoms with van der Waals surface area (Å²) in [5, 5.41) is 11.4. The highest BCUT2D eigenvalue weighted by atomic mass is 35.5. The van der Waals surface area contributed by atoms with Gasteiger partial charge in [-0.1, -0.05) is 41.9 Å². The number of para-hydroxylation sites is 2. The van der Waals surface area contributed by atoms with Crippen molar-refractivity contribution >= 4 is 22.5 Å². The van der Waals surface area contributed by atoms with E-state index in [1.54, 1.807) is 18.2 Å². The fourth-order valence-corrected chi connectivity index (χ4v) is 2.97. The molecule has 0 atom stereocenters. The maximum Gasteiger partial charge on any atom is 0.230 e. The number of nitrogens with zero attached hydrogens (tertiary/aromatic N) is 2. The van der Waals surface area contributed by atoms with E-state index in [0.29, 0.717) is 28.0 Å². The molecule has 0 aliphatic carbocycles. The van der Waals surface area contributed by atoms with Gasteiger partial charge in [0.25, 0.3) is 0 Å². The smallest absolute Gasteiger partial charge is 0.230 e. The number of phenols is 1. The number of aryl methyl sites for hydroxylation is 1. The highest BCUT2D eigenvalue weighted by molar-refractivity contribution is 6.32. The molecule has 1 N–H and O–H groups in total. The van der Waals surface area contributed by atoms with E-state index < -0.39 is 0 Å². The topological polar surface area (TPSA) is 55.2 Å². The van der Waals surface area contributed by atoms with E-state index in [2.05, 4.69) is 9.97 Å². The van der Waals surface area contributed by atoms with Crippen LogP contribution in [0.2, 0.25) is 5.02 Å². The van der Waals surface area contributed by atoms with Crippen molar-refractivity contribution in [2.75, 3.05) is 0 Å². The molecule has 0 fully saturated rings. The number of hydrogen-bond acceptors (Lipinski definition) is 4. The molecule has 0 aliphatic rings. The number of halogens is 1. The molecule has 128 valence electrons. The van der Waals surface area contributed by atoms with Crippen molar-refractivity contribution in [2.45, 2.75) is 6.92 Å². The quantitative estimate of drug-likeness (QED) is 0.503. The first-order valence-corrected chi connectivity index (χ1v) is 8.49. The summed E-state index contributed by atoms with van der Waals surface area (Å²) in [6.45, 7) is 1.96. The van der Waals surface area contributed by atoms with Gasteiger partial charge in [-0.15, -0.1) is 0 Å². The Morgan fingerprint density at radius 2 is 1.69 bits per heavy atom. The largest absolute Gasteiger partial charge is 0.507 e. The lowest BCUT2D eigenvalue weighted by atomic mass is 10.1. The average molecular weight is 363 g/mol. The maximum absolute atomic E-state index is 10.1. The molecule has 0 unspecified atom stereocenters. The van der Waals surface area contributed by atoms with Crippen LogP contribution < -0.4 is 4.74 Å². The first-order chi connectivity index (χ1) is 12.6. The Kier molecular flexibility index (Phi) is 4.19. The Bertz CT molecular complexity index is 1110. The zero-order chi connectivity index (χ0) is 18.1. The van der Waals surface area contributed by atoms with Crippen molar-refractivity contribution in [3.05, 3.63) is 77.3 Å². The molecule has 0 saturated carbocycles. The zero-order valence-corrected chi connectivity index (χ0v) is 14.7. The Balaban J connectivity index is 1.89. The van der Waals surface area contributed by atoms with Crippen LogP contribution >= 0.6 is 11.6 Å². The standard InChI is InChI=1S/C21H15ClN2O2/c1-13-10-11-19(16(22)12-13)26-21-14-6-2-4-8-17(14)23-20(24-21)15-7-3-5-9-18(15)25/h2-12,25H,1H3. The van der Waals surface area contributed by atoms with Crippen molar-refractivity contribution < 1.29 is 9.84 Å². The second kappa shape index (κ2) is 6.65. The second-order valence-electron chi connectivity index (χ2n) is 5.92. The summed E-state index contributed by atoms with van der Waals surface area (Å²) < 4.78 is 6.01. The molecule has 5 heteroatoms. The zero-order valence-electron chi connectivity index (χ0n) is 14.0. The van der Waals surface area contributed by atoms with Crippen LogP contribution in [0.15, 0.2) is 66.7 Å². The number of rotatable bonds is 3. The molecule has 0 spiro atoms. The molecule has 0 amide bonds. The van der Waals surface area contributed by atoms with Gasteiger partial charge in [0, 0.05) is 0 Å². The molecule has 26 heavy (non-hydrogen) atoms. The second-order valence-corrected chi connectivity index (χ2v) is 6.33. The van der Waals surface area contributed by atoms with E-state index in [-0.39, 0.29) is 5.75 Å². The molecule has 4 rings (SSSR count). The number of aromatic nitrogens is 2. The lowest BCUT2D eigenvalue weighted by Crippen LogP contribution is -1.96. The highest BCUT2D eigenvalue weighted by Gasteiger charge is 2.14. The highest BCUT2D eigenvalue weighted by Crippen LogP contribution is 2.35. The van der Waals surface area contributed by atoms with E-state index >= 15 is 0 Å². The minimum absolute atomic E-state index is 0.113. The SMILES string of the molecule is Cc1ccc(Oc2nc(-c3ccccc3O)nc3ccccc23)c(Cl)c1. The fraction of sp³-hybridized carbons (Fsp3) is 0.0476. The Labute approximate surface area is 155 Å². The molecular formula is C21H15ClN2O2. The number of fused-ring (bicyclic) bond motifs is 1. The van der Waals surface area contributed by atoms with Gasteiger partial charge in [-0.3, -0.25) is 0 Å². The van der Waals surface area contributed by atoms with Crippen LogP contribution in [0.4, 0.5) is 0 Å². The van der Waals surface area contributed by atoms with E-state index in [9.17, 15) is 5.11 Å². The van der Waals surface area contributed by atoms with E-state index in [4.69, 9.17) is 16.3 Å². The Hall–Kier alpha value is -3.11. The molecule has 0 saturated heterocycles. The molecule has 4 nitrogen and oxygen atoms in total. The van der Waals surface area contributed by atoms with Gasteiger partial charge in [0.05, 0.1) is 21.5 Å². The summed E-state index contributed by atoms with van der Waals surface area (Å²) in [5.41, 5.74) is 2.31. The minimum Gasteiger partial charge on any atom is -0.507 e. The van der Waals surface area contributed by atoms with Gasteiger partial charge in [0.1, 0.15) is 11.5 Å². The lowest BCUT2D eigenvalue weighted by Gasteiger charge is -2.12. The lowest BCUT2D eigenvalue weighted by molar-refractivity contribution is 0.467. The van der Waals surface area contributed by atoms with Crippen LogP contribution in [0.1, 0.15) is 5.56 Å². The molecule has 3 aromatic carbocycles. The number of phenolic OH excluding ortho intramolecular Hbond substituents is 1. The van der Waals surface area contributed by atoms with Crippen molar-refractivity contribution in [1.82, 2.24) is 9.97 Å². The predicted octanol–water partition coefficient (Wildman–Crippen LogP) is 5.76. The van der Waals surface area contributed by atoms with Crippen molar-refractivity contribution in [3.8, 4) is 28.8 Å². The monoisotopic (exact) mass is 362 g/mol. The molecular weight excluding hydrogens is 348 g/mol. The third-order valence-corrected chi connectivity index (χ3v) is 4.30. The summed E-state index contributed by atoms with van der Waals surface area (Å²) in [4.78, 5) is 9.10. The van der Waals surface area contributed by atoms with Gasteiger partial charge in [-0.2, -0.15) is 4.98 Å². The summed E-state index contributed by atoms with van der Waals surface area (Å²) in [5.74, 6) is 1.41. The third kappa shape index (κ3) is 3.07. The maximum atomic E-state index is 10.1. The van der Waals surface area contributed by atoms with Gasteiger partial charge >= 0.3 is 0 Å². The molecule has 0 aliphatic heterocycles. The van der Waals surface area contributed by atoms with E-state index in [1.165, 1.54) is 0 Å². The van der Waals surface area contributed by atoms with Crippen molar-refractivity contribution in [1.29, 1.82) is 0 Å². The number of ether oxygens (including phenoxy) is 1. The number of aromatic hydroxyl groups is 1. The van der Waals surface area contributed by atoms with Gasteiger partial charge in [-0.25, -0.2) is 4.98 Å².